The molecule has 0 aliphatic carbocycles. The van der Waals surface area contributed by atoms with Crippen molar-refractivity contribution in [1.29, 1.82) is 5.26 Å². The molecule has 0 N–H and O–H groups in total. The third kappa shape index (κ3) is 4.89. The fourth-order valence-electron chi connectivity index (χ4n) is 4.49. The third-order valence-electron chi connectivity index (χ3n) is 6.45. The van der Waals surface area contributed by atoms with Crippen molar-refractivity contribution < 1.29 is 0 Å². The van der Waals surface area contributed by atoms with Gasteiger partial charge in [0.15, 0.2) is 11.4 Å². The number of nitrogens with zero attached hydrogens (tertiary/aromatic N) is 6. The number of rotatable bonds is 5. The van der Waals surface area contributed by atoms with E-state index in [0.717, 1.165) is 32.2 Å². The Bertz CT molecular complexity index is 2050. The third-order valence-corrected chi connectivity index (χ3v) is 8.90. The van der Waals surface area contributed by atoms with Crippen molar-refractivity contribution in [2.45, 2.75) is 0 Å². The first-order valence-electron chi connectivity index (χ1n) is 12.3. The van der Waals surface area contributed by atoms with Gasteiger partial charge in [0.1, 0.15) is 0 Å². The van der Waals surface area contributed by atoms with Crippen LogP contribution in [0.5, 0.6) is 0 Å². The van der Waals surface area contributed by atoms with Gasteiger partial charge >= 0.3 is 0 Å². The summed E-state index contributed by atoms with van der Waals surface area (Å²) in [4.78, 5) is 17.9. The van der Waals surface area contributed by atoms with Gasteiger partial charge in [-0.25, -0.2) is 19.8 Å². The second-order valence-electron chi connectivity index (χ2n) is 8.90. The molecule has 0 radical (unpaired) electrons. The predicted molar refractivity (Wildman–Crippen MR) is 168 cm³/mol. The summed E-state index contributed by atoms with van der Waals surface area (Å²) in [7, 11) is 0. The lowest BCUT2D eigenvalue weighted by Crippen LogP contribution is -2.09. The predicted octanol–water partition coefficient (Wildman–Crippen LogP) is 10.5. The summed E-state index contributed by atoms with van der Waals surface area (Å²) in [6.45, 7) is 21.6. The number of nitriles is 1. The molecule has 190 valence electrons. The molecule has 8 heteroatoms. The average Bonchev–Trinajstić information content (AvgIpc) is 3.59. The lowest BCUT2D eigenvalue weighted by Gasteiger charge is -2.25. The highest BCUT2D eigenvalue weighted by atomic mass is 32.1. The van der Waals surface area contributed by atoms with Gasteiger partial charge < -0.3 is 4.90 Å². The van der Waals surface area contributed by atoms with E-state index in [1.165, 1.54) is 20.9 Å². The minimum atomic E-state index is 0.00654. The van der Waals surface area contributed by atoms with Crippen molar-refractivity contribution in [3.05, 3.63) is 137 Å². The molecular formula is C33H16N6S2. The van der Waals surface area contributed by atoms with Crippen LogP contribution in [0.15, 0.2) is 96.8 Å². The highest BCUT2D eigenvalue weighted by Gasteiger charge is 2.16. The molecule has 3 aromatic carbocycles. The van der Waals surface area contributed by atoms with Crippen molar-refractivity contribution in [1.82, 2.24) is 4.98 Å². The number of allylic oxidation sites excluding steroid dienone is 1. The van der Waals surface area contributed by atoms with Gasteiger partial charge in [-0.15, -0.1) is 22.7 Å². The fraction of sp³-hybridized carbons (Fsp3) is 0. The van der Waals surface area contributed by atoms with E-state index in [2.05, 4.69) is 48.7 Å². The first-order valence-corrected chi connectivity index (χ1v) is 13.9. The van der Waals surface area contributed by atoms with Crippen LogP contribution >= 0.6 is 22.7 Å². The Hall–Kier alpha value is -5.77. The molecule has 3 aromatic heterocycles. The van der Waals surface area contributed by atoms with Crippen molar-refractivity contribution >= 4 is 76.7 Å². The summed E-state index contributed by atoms with van der Waals surface area (Å²) in [6, 6.07) is 29.3. The molecule has 0 atom stereocenters. The Kier molecular flexibility index (Phi) is 6.70. The Balaban J connectivity index is 1.38. The topological polar surface area (TPSA) is 53.0 Å². The van der Waals surface area contributed by atoms with E-state index in [9.17, 15) is 0 Å². The van der Waals surface area contributed by atoms with Gasteiger partial charge in [-0.2, -0.15) is 0 Å². The number of aromatic nitrogens is 1. The molecule has 0 bridgehead atoms. The molecule has 6 rings (SSSR count). The minimum Gasteiger partial charge on any atom is -0.311 e. The number of hydrogen-bond acceptors (Lipinski definition) is 5. The fourth-order valence-corrected chi connectivity index (χ4v) is 7.03. The largest absolute Gasteiger partial charge is 0.311 e. The summed E-state index contributed by atoms with van der Waals surface area (Å²) in [6.07, 6.45) is 3.26. The van der Waals surface area contributed by atoms with E-state index in [0.29, 0.717) is 17.1 Å². The molecule has 0 unspecified atom stereocenters. The van der Waals surface area contributed by atoms with E-state index in [1.807, 2.05) is 66.7 Å². The maximum absolute atomic E-state index is 8.99. The molecule has 0 saturated carbocycles. The van der Waals surface area contributed by atoms with Crippen LogP contribution in [0.4, 0.5) is 28.4 Å². The number of thiophene rings is 2. The van der Waals surface area contributed by atoms with Crippen LogP contribution in [0, 0.1) is 31.0 Å². The first-order chi connectivity index (χ1) is 20.1. The monoisotopic (exact) mass is 560 g/mol. The van der Waals surface area contributed by atoms with Gasteiger partial charge in [0.25, 0.3) is 5.70 Å². The number of fused-ring (bicyclic) bond motifs is 3. The SMILES string of the molecule is [C-]#[N+]/C(C#N)=C\c1ccc(-c2cc3sc4cc(N(c5ccc([N+]#[C-])cc5)c5ccc([N+]#[C-])cc5)ccc4c3s2)cn1. The van der Waals surface area contributed by atoms with E-state index in [4.69, 9.17) is 25.0 Å². The molecule has 3 heterocycles. The normalized spacial score (nSPS) is 11.0. The molecule has 6 nitrogen and oxygen atoms in total. The van der Waals surface area contributed by atoms with Crippen molar-refractivity contribution in [2.75, 3.05) is 4.90 Å². The van der Waals surface area contributed by atoms with Gasteiger partial charge in [0.05, 0.1) is 36.2 Å². The van der Waals surface area contributed by atoms with E-state index < -0.39 is 0 Å². The zero-order chi connectivity index (χ0) is 28.3. The van der Waals surface area contributed by atoms with Crippen LogP contribution in [-0.2, 0) is 0 Å². The average molecular weight is 561 g/mol. The summed E-state index contributed by atoms with van der Waals surface area (Å²) < 4.78 is 3.57. The Labute approximate surface area is 244 Å². The quantitative estimate of drug-likeness (QED) is 0.156. The second kappa shape index (κ2) is 10.8. The highest BCUT2D eigenvalue weighted by Crippen LogP contribution is 2.45. The molecule has 41 heavy (non-hydrogen) atoms. The zero-order valence-electron chi connectivity index (χ0n) is 21.2. The van der Waals surface area contributed by atoms with Crippen molar-refractivity contribution in [3.8, 4) is 16.5 Å². The number of pyridine rings is 1. The molecular weight excluding hydrogens is 545 g/mol. The number of benzene rings is 3. The van der Waals surface area contributed by atoms with Crippen LogP contribution in [0.25, 0.3) is 50.5 Å². The van der Waals surface area contributed by atoms with Crippen molar-refractivity contribution in [2.24, 2.45) is 0 Å². The molecule has 0 saturated heterocycles. The lowest BCUT2D eigenvalue weighted by molar-refractivity contribution is 1.29. The highest BCUT2D eigenvalue weighted by molar-refractivity contribution is 7.34. The summed E-state index contributed by atoms with van der Waals surface area (Å²) in [5.74, 6) is 0. The number of anilines is 3. The molecule has 0 amide bonds. The van der Waals surface area contributed by atoms with E-state index in [1.54, 1.807) is 28.9 Å². The first kappa shape index (κ1) is 25.5. The minimum absolute atomic E-state index is 0.00654. The Morgan fingerprint density at radius 3 is 2.00 bits per heavy atom. The summed E-state index contributed by atoms with van der Waals surface area (Å²) in [5, 5.41) is 10.2. The molecule has 0 aliphatic heterocycles. The molecule has 6 aromatic rings. The molecule has 0 fully saturated rings. The molecule has 0 spiro atoms. The van der Waals surface area contributed by atoms with Gasteiger partial charge in [-0.05, 0) is 60.7 Å². The Morgan fingerprint density at radius 2 is 1.44 bits per heavy atom. The standard InChI is InChI=1S/C33H16N6S2/c1-35-22-6-10-26(11-7-22)39(27-12-8-23(36-2)9-13-27)28-14-15-29-31(17-28)40-32-18-30(41-33(29)32)21-4-5-24(38-20-21)16-25(19-34)37-3/h4-18,20H/b25-16-. The lowest BCUT2D eigenvalue weighted by atomic mass is 10.1. The van der Waals surface area contributed by atoms with Crippen LogP contribution in [0.1, 0.15) is 5.69 Å². The van der Waals surface area contributed by atoms with Gasteiger partial charge in [0.2, 0.25) is 0 Å². The van der Waals surface area contributed by atoms with Gasteiger partial charge in [0, 0.05) is 48.5 Å². The van der Waals surface area contributed by atoms with Crippen molar-refractivity contribution in [3.63, 3.8) is 0 Å². The van der Waals surface area contributed by atoms with Crippen LogP contribution in [0.3, 0.4) is 0 Å². The maximum atomic E-state index is 8.99. The van der Waals surface area contributed by atoms with Crippen LogP contribution < -0.4 is 4.90 Å². The van der Waals surface area contributed by atoms with Gasteiger partial charge in [-0.1, -0.05) is 30.3 Å². The van der Waals surface area contributed by atoms with Crippen LogP contribution in [0.2, 0.25) is 0 Å². The van der Waals surface area contributed by atoms with Crippen LogP contribution in [-0.4, -0.2) is 4.98 Å². The summed E-state index contributed by atoms with van der Waals surface area (Å²) >= 11 is 3.45. The second-order valence-corrected chi connectivity index (χ2v) is 11.0. The van der Waals surface area contributed by atoms with E-state index >= 15 is 0 Å². The number of hydrogen-bond donors (Lipinski definition) is 0. The van der Waals surface area contributed by atoms with Gasteiger partial charge in [-0.3, -0.25) is 4.98 Å². The maximum Gasteiger partial charge on any atom is 0.264 e. The smallest absolute Gasteiger partial charge is 0.264 e. The Morgan fingerprint density at radius 1 is 0.780 bits per heavy atom. The summed E-state index contributed by atoms with van der Waals surface area (Å²) in [5.41, 5.74) is 5.58. The van der Waals surface area contributed by atoms with E-state index in [-0.39, 0.29) is 5.70 Å². The molecule has 0 aliphatic rings. The zero-order valence-corrected chi connectivity index (χ0v) is 22.9.